The zero-order valence-electron chi connectivity index (χ0n) is 6.52. The molecular formula is C9H9ClFO. The molecule has 0 aromatic heterocycles. The van der Waals surface area contributed by atoms with Gasteiger partial charge in [0.25, 0.3) is 0 Å². The highest BCUT2D eigenvalue weighted by molar-refractivity contribution is 6.32. The topological polar surface area (TPSA) is 9.23 Å². The van der Waals surface area contributed by atoms with Gasteiger partial charge in [0.15, 0.2) is 0 Å². The minimum Gasteiger partial charge on any atom is -0.492 e. The molecule has 0 amide bonds. The summed E-state index contributed by atoms with van der Waals surface area (Å²) in [7, 11) is 0. The van der Waals surface area contributed by atoms with E-state index in [2.05, 4.69) is 6.07 Å². The van der Waals surface area contributed by atoms with Gasteiger partial charge < -0.3 is 4.74 Å². The van der Waals surface area contributed by atoms with Gasteiger partial charge in [0.05, 0.1) is 18.3 Å². The van der Waals surface area contributed by atoms with Gasteiger partial charge in [-0.2, -0.15) is 0 Å². The van der Waals surface area contributed by atoms with Gasteiger partial charge in [0.1, 0.15) is 5.75 Å². The molecule has 0 heterocycles. The highest BCUT2D eigenvalue weighted by atomic mass is 35.5. The van der Waals surface area contributed by atoms with Crippen LogP contribution in [0, 0.1) is 6.07 Å². The molecule has 0 atom stereocenters. The maximum atomic E-state index is 11.7. The molecule has 0 saturated heterocycles. The summed E-state index contributed by atoms with van der Waals surface area (Å²) in [5.41, 5.74) is 0. The SMILES string of the molecule is FCCCOc1c[c]ccc1Cl. The molecule has 0 aliphatic heterocycles. The highest BCUT2D eigenvalue weighted by Crippen LogP contribution is 2.22. The summed E-state index contributed by atoms with van der Waals surface area (Å²) >= 11 is 5.76. The smallest absolute Gasteiger partial charge is 0.138 e. The average molecular weight is 188 g/mol. The van der Waals surface area contributed by atoms with Crippen LogP contribution in [0.2, 0.25) is 5.02 Å². The molecule has 1 rings (SSSR count). The molecule has 65 valence electrons. The van der Waals surface area contributed by atoms with Gasteiger partial charge in [-0.3, -0.25) is 4.39 Å². The van der Waals surface area contributed by atoms with E-state index in [0.717, 1.165) is 0 Å². The van der Waals surface area contributed by atoms with Crippen molar-refractivity contribution in [2.45, 2.75) is 6.42 Å². The van der Waals surface area contributed by atoms with E-state index in [1.807, 2.05) is 0 Å². The van der Waals surface area contributed by atoms with Crippen LogP contribution in [0.1, 0.15) is 6.42 Å². The third-order valence-corrected chi connectivity index (χ3v) is 1.62. The number of halogens is 2. The molecule has 0 N–H and O–H groups in total. The third kappa shape index (κ3) is 2.70. The van der Waals surface area contributed by atoms with Gasteiger partial charge in [0, 0.05) is 6.42 Å². The normalized spacial score (nSPS) is 9.83. The number of alkyl halides is 1. The van der Waals surface area contributed by atoms with Crippen LogP contribution in [0.15, 0.2) is 18.2 Å². The Kier molecular flexibility index (Phi) is 3.88. The largest absolute Gasteiger partial charge is 0.492 e. The lowest BCUT2D eigenvalue weighted by atomic mass is 10.3. The first kappa shape index (κ1) is 9.33. The van der Waals surface area contributed by atoms with E-state index in [0.29, 0.717) is 23.8 Å². The summed E-state index contributed by atoms with van der Waals surface area (Å²) in [5.74, 6) is 0.563. The van der Waals surface area contributed by atoms with Gasteiger partial charge in [-0.15, -0.1) is 0 Å². The first-order valence-corrected chi connectivity index (χ1v) is 4.07. The number of benzene rings is 1. The van der Waals surface area contributed by atoms with Crippen molar-refractivity contribution in [1.29, 1.82) is 0 Å². The monoisotopic (exact) mass is 187 g/mol. The quantitative estimate of drug-likeness (QED) is 0.659. The van der Waals surface area contributed by atoms with Crippen molar-refractivity contribution in [1.82, 2.24) is 0 Å². The first-order chi connectivity index (χ1) is 5.84. The van der Waals surface area contributed by atoms with E-state index in [4.69, 9.17) is 16.3 Å². The molecule has 1 aromatic carbocycles. The Labute approximate surface area is 76.1 Å². The van der Waals surface area contributed by atoms with E-state index in [9.17, 15) is 4.39 Å². The molecule has 0 spiro atoms. The molecule has 3 heteroatoms. The van der Waals surface area contributed by atoms with Crippen molar-refractivity contribution in [3.63, 3.8) is 0 Å². The van der Waals surface area contributed by atoms with Crippen LogP contribution in [0.25, 0.3) is 0 Å². The van der Waals surface area contributed by atoms with Crippen molar-refractivity contribution < 1.29 is 9.13 Å². The van der Waals surface area contributed by atoms with Gasteiger partial charge in [0.2, 0.25) is 0 Å². The summed E-state index contributed by atoms with van der Waals surface area (Å²) in [6, 6.07) is 7.85. The second-order valence-electron chi connectivity index (χ2n) is 2.25. The van der Waals surface area contributed by atoms with Crippen molar-refractivity contribution in [2.24, 2.45) is 0 Å². The van der Waals surface area contributed by atoms with Crippen LogP contribution in [0.5, 0.6) is 5.75 Å². The number of ether oxygens (including phenoxy) is 1. The molecule has 0 saturated carbocycles. The van der Waals surface area contributed by atoms with Crippen LogP contribution in [0.4, 0.5) is 4.39 Å². The number of rotatable bonds is 4. The predicted octanol–water partition coefficient (Wildman–Crippen LogP) is 2.88. The van der Waals surface area contributed by atoms with E-state index >= 15 is 0 Å². The van der Waals surface area contributed by atoms with Gasteiger partial charge in [-0.05, 0) is 18.2 Å². The fraction of sp³-hybridized carbons (Fsp3) is 0.333. The lowest BCUT2D eigenvalue weighted by Gasteiger charge is -2.05. The highest BCUT2D eigenvalue weighted by Gasteiger charge is 1.98. The Hall–Kier alpha value is -0.760. The minimum atomic E-state index is -0.367. The molecule has 1 nitrogen and oxygen atoms in total. The van der Waals surface area contributed by atoms with E-state index in [1.165, 1.54) is 0 Å². The Morgan fingerprint density at radius 3 is 3.08 bits per heavy atom. The fourth-order valence-electron chi connectivity index (χ4n) is 0.743. The summed E-state index contributed by atoms with van der Waals surface area (Å²) in [5, 5.41) is 0.535. The lowest BCUT2D eigenvalue weighted by molar-refractivity contribution is 0.290. The van der Waals surface area contributed by atoms with Crippen molar-refractivity contribution in [2.75, 3.05) is 13.3 Å². The molecule has 12 heavy (non-hydrogen) atoms. The predicted molar refractivity (Wildman–Crippen MR) is 46.4 cm³/mol. The Morgan fingerprint density at radius 1 is 1.58 bits per heavy atom. The molecule has 1 radical (unpaired) electrons. The summed E-state index contributed by atoms with van der Waals surface area (Å²) in [6.45, 7) is -0.0117. The number of hydrogen-bond acceptors (Lipinski definition) is 1. The van der Waals surface area contributed by atoms with Gasteiger partial charge in [-0.1, -0.05) is 17.7 Å². The molecule has 0 aliphatic rings. The third-order valence-electron chi connectivity index (χ3n) is 1.31. The Balaban J connectivity index is 2.46. The summed E-state index contributed by atoms with van der Waals surface area (Å²) < 4.78 is 16.8. The summed E-state index contributed by atoms with van der Waals surface area (Å²) in [4.78, 5) is 0. The standard InChI is InChI=1S/C9H9ClFO/c10-8-4-1-2-5-9(8)12-7-3-6-11/h1,4-5H,3,6-7H2. The van der Waals surface area contributed by atoms with Crippen molar-refractivity contribution in [3.05, 3.63) is 29.3 Å². The Morgan fingerprint density at radius 2 is 2.42 bits per heavy atom. The van der Waals surface area contributed by atoms with Gasteiger partial charge in [-0.25, -0.2) is 0 Å². The maximum absolute atomic E-state index is 11.7. The molecule has 0 fully saturated rings. The molecular weight excluding hydrogens is 179 g/mol. The van der Waals surface area contributed by atoms with Crippen LogP contribution >= 0.6 is 11.6 Å². The first-order valence-electron chi connectivity index (χ1n) is 3.69. The molecule has 0 bridgehead atoms. The van der Waals surface area contributed by atoms with E-state index in [1.54, 1.807) is 18.2 Å². The van der Waals surface area contributed by atoms with Crippen molar-refractivity contribution in [3.8, 4) is 5.75 Å². The number of hydrogen-bond donors (Lipinski definition) is 0. The zero-order valence-corrected chi connectivity index (χ0v) is 7.27. The fourth-order valence-corrected chi connectivity index (χ4v) is 0.916. The summed E-state index contributed by atoms with van der Waals surface area (Å²) in [6.07, 6.45) is 0.394. The van der Waals surface area contributed by atoms with Crippen molar-refractivity contribution >= 4 is 11.6 Å². The second kappa shape index (κ2) is 4.99. The lowest BCUT2D eigenvalue weighted by Crippen LogP contribution is -1.98. The Bertz CT molecular complexity index is 240. The van der Waals surface area contributed by atoms with Gasteiger partial charge >= 0.3 is 0 Å². The second-order valence-corrected chi connectivity index (χ2v) is 2.65. The van der Waals surface area contributed by atoms with E-state index < -0.39 is 0 Å². The van der Waals surface area contributed by atoms with Crippen LogP contribution < -0.4 is 4.74 Å². The van der Waals surface area contributed by atoms with Crippen LogP contribution in [-0.4, -0.2) is 13.3 Å². The molecule has 1 aromatic rings. The minimum absolute atomic E-state index is 0.355. The molecule has 0 unspecified atom stereocenters. The molecule has 0 aliphatic carbocycles. The van der Waals surface area contributed by atoms with Crippen LogP contribution in [-0.2, 0) is 0 Å². The average Bonchev–Trinajstić information content (AvgIpc) is 2.09. The zero-order chi connectivity index (χ0) is 8.81. The van der Waals surface area contributed by atoms with Crippen LogP contribution in [0.3, 0.4) is 0 Å². The maximum Gasteiger partial charge on any atom is 0.138 e. The van der Waals surface area contributed by atoms with E-state index in [-0.39, 0.29) is 6.67 Å².